The van der Waals surface area contributed by atoms with E-state index in [0.717, 1.165) is 23.3 Å². The Kier molecular flexibility index (Phi) is 17.8. The molecule has 7 amide bonds. The first-order valence-electron chi connectivity index (χ1n) is 26.4. The Morgan fingerprint density at radius 1 is 0.959 bits per heavy atom. The number of anilines is 1. The molecular weight excluding hydrogens is 953 g/mol. The number of amides is 7. The lowest BCUT2D eigenvalue weighted by molar-refractivity contribution is -0.198. The number of rotatable bonds is 24. The van der Waals surface area contributed by atoms with Crippen LogP contribution >= 0.6 is 0 Å². The van der Waals surface area contributed by atoms with Crippen LogP contribution in [0.3, 0.4) is 0 Å². The van der Waals surface area contributed by atoms with Crippen molar-refractivity contribution >= 4 is 58.8 Å². The van der Waals surface area contributed by atoms with Gasteiger partial charge in [0.1, 0.15) is 6.61 Å². The minimum atomic E-state index is -1.41. The van der Waals surface area contributed by atoms with Gasteiger partial charge in [0.25, 0.3) is 11.8 Å². The number of hydrogen-bond donors (Lipinski definition) is 6. The first-order valence-corrected chi connectivity index (χ1v) is 26.4. The molecule has 7 rings (SSSR count). The molecule has 402 valence electrons. The van der Waals surface area contributed by atoms with Crippen LogP contribution in [0.5, 0.6) is 0 Å². The molecule has 6 aliphatic rings. The summed E-state index contributed by atoms with van der Waals surface area (Å²) in [7, 11) is 0. The maximum Gasteiger partial charge on any atom is 0.407 e. The fourth-order valence-corrected chi connectivity index (χ4v) is 12.9. The van der Waals surface area contributed by atoms with E-state index in [1.807, 2.05) is 19.9 Å². The van der Waals surface area contributed by atoms with Crippen LogP contribution < -0.4 is 27.0 Å². The Labute approximate surface area is 432 Å². The summed E-state index contributed by atoms with van der Waals surface area (Å²) in [4.78, 5) is 117. The van der Waals surface area contributed by atoms with Gasteiger partial charge < -0.3 is 46.3 Å². The van der Waals surface area contributed by atoms with Gasteiger partial charge in [-0.25, -0.2) is 9.59 Å². The number of nitrogens with one attached hydrogen (secondary N) is 4. The number of fused-ring (bicyclic) bond motifs is 7. The normalized spacial score (nSPS) is 29.4. The van der Waals surface area contributed by atoms with Gasteiger partial charge in [0.05, 0.1) is 24.8 Å². The highest BCUT2D eigenvalue weighted by Gasteiger charge is 2.75. The Hall–Kier alpha value is -6.05. The van der Waals surface area contributed by atoms with E-state index in [-0.39, 0.29) is 104 Å². The minimum absolute atomic E-state index is 0.0190. The smallest absolute Gasteiger partial charge is 0.407 e. The number of ketones is 3. The topological polar surface area (TPSA) is 279 Å². The van der Waals surface area contributed by atoms with E-state index in [2.05, 4.69) is 28.2 Å². The number of Topliss-reactive ketones (excluding diaryl/α,β-unsaturated/α-hetero) is 2. The van der Waals surface area contributed by atoms with E-state index < -0.39 is 64.9 Å². The maximum absolute atomic E-state index is 14.6. The molecule has 4 fully saturated rings. The van der Waals surface area contributed by atoms with E-state index in [1.54, 1.807) is 50.3 Å². The Morgan fingerprint density at radius 3 is 2.38 bits per heavy atom. The van der Waals surface area contributed by atoms with Gasteiger partial charge in [0.15, 0.2) is 29.2 Å². The van der Waals surface area contributed by atoms with Crippen LogP contribution in [0, 0.1) is 40.4 Å². The van der Waals surface area contributed by atoms with Crippen molar-refractivity contribution in [2.24, 2.45) is 46.2 Å². The number of hydrogen-bond acceptors (Lipinski definition) is 13. The zero-order chi connectivity index (χ0) is 53.5. The monoisotopic (exact) mass is 1030 g/mol. The highest BCUT2D eigenvalue weighted by Crippen LogP contribution is 2.69. The maximum atomic E-state index is 14.6. The molecule has 2 aliphatic heterocycles. The van der Waals surface area contributed by atoms with Crippen LogP contribution in [0.4, 0.5) is 15.3 Å². The molecule has 11 atom stereocenters. The number of ether oxygens (including phenoxy) is 3. The van der Waals surface area contributed by atoms with E-state index >= 15 is 0 Å². The average Bonchev–Trinajstić information content (AvgIpc) is 3.97. The standard InChI is InChI=1S/C55H74N6O13/c1-6-11-47-73-43-28-39-38-19-16-35-27-37(62)22-23-53(35,4)48(38)41(64)29-54(39,5)55(43,74-47)42(65)30-58-52(71)72-31-33-14-17-36(18-15-33)59-50(69)34(12-10-24-57-51(56)70)26-40(63)49(32(2)3)60-44(66)13-8-7-9-25-61-45(67)20-21-46(61)68/h14-15,17-18,20-23,27,32,34,38-39,41,43,47-49,64H,6-13,16,19,24-26,28-31H2,1-5H3,(H,58,71)(H,59,69)(H,60,66)(H3,56,57,70)/t34-,38+,39+,41+,43-,47?,48-,49+,53+,54+,55-/m1/s1. The molecule has 1 aromatic rings. The number of alkyl carbamates (subject to hydrolysis) is 1. The van der Waals surface area contributed by atoms with Crippen molar-refractivity contribution in [2.75, 3.05) is 25.0 Å². The van der Waals surface area contributed by atoms with Crippen molar-refractivity contribution in [3.8, 4) is 0 Å². The summed E-state index contributed by atoms with van der Waals surface area (Å²) in [6, 6.07) is 4.98. The van der Waals surface area contributed by atoms with Crippen molar-refractivity contribution in [1.82, 2.24) is 20.9 Å². The van der Waals surface area contributed by atoms with E-state index in [1.165, 1.54) is 12.2 Å². The third kappa shape index (κ3) is 11.9. The first-order chi connectivity index (χ1) is 35.2. The molecule has 7 N–H and O–H groups in total. The van der Waals surface area contributed by atoms with Gasteiger partial charge in [-0.3, -0.25) is 38.5 Å². The first kappa shape index (κ1) is 55.7. The number of nitrogens with zero attached hydrogens (tertiary/aromatic N) is 1. The van der Waals surface area contributed by atoms with Crippen LogP contribution in [-0.4, -0.2) is 113 Å². The predicted molar refractivity (Wildman–Crippen MR) is 270 cm³/mol. The lowest BCUT2D eigenvalue weighted by Gasteiger charge is -2.59. The van der Waals surface area contributed by atoms with Crippen LogP contribution in [0.2, 0.25) is 0 Å². The predicted octanol–water partition coefficient (Wildman–Crippen LogP) is 5.24. The number of unbranched alkanes of at least 4 members (excludes halogenated alkanes) is 2. The van der Waals surface area contributed by atoms with Crippen molar-refractivity contribution < 1.29 is 62.5 Å². The lowest BCUT2D eigenvalue weighted by Crippen LogP contribution is -2.64. The zero-order valence-electron chi connectivity index (χ0n) is 43.3. The highest BCUT2D eigenvalue weighted by atomic mass is 16.7. The third-order valence-electron chi connectivity index (χ3n) is 16.6. The summed E-state index contributed by atoms with van der Waals surface area (Å²) in [5.74, 6) is -3.45. The molecule has 19 heteroatoms. The summed E-state index contributed by atoms with van der Waals surface area (Å²) in [5.41, 5.74) is 4.56. The van der Waals surface area contributed by atoms with E-state index in [9.17, 15) is 48.3 Å². The largest absolute Gasteiger partial charge is 0.445 e. The number of carbonyl (C=O) groups excluding carboxylic acids is 9. The Morgan fingerprint density at radius 2 is 1.69 bits per heavy atom. The van der Waals surface area contributed by atoms with Crippen molar-refractivity contribution in [3.63, 3.8) is 0 Å². The number of benzene rings is 1. The van der Waals surface area contributed by atoms with Gasteiger partial charge >= 0.3 is 12.1 Å². The van der Waals surface area contributed by atoms with E-state index in [4.69, 9.17) is 19.9 Å². The van der Waals surface area contributed by atoms with Crippen molar-refractivity contribution in [3.05, 3.63) is 65.8 Å². The summed E-state index contributed by atoms with van der Waals surface area (Å²) in [5, 5.41) is 22.9. The second-order valence-electron chi connectivity index (χ2n) is 21.7. The molecule has 19 nitrogen and oxygen atoms in total. The highest BCUT2D eigenvalue weighted by molar-refractivity contribution is 6.12. The van der Waals surface area contributed by atoms with Crippen LogP contribution in [0.15, 0.2) is 60.2 Å². The molecule has 74 heavy (non-hydrogen) atoms. The molecule has 2 heterocycles. The van der Waals surface area contributed by atoms with Gasteiger partial charge in [-0.05, 0) is 105 Å². The molecule has 0 aromatic heterocycles. The SMILES string of the molecule is CCCC1O[C@@H]2C[C@H]3[C@@H]4CCC5=CC(=O)C=C[C@]5(C)[C@H]4[C@@H](O)C[C@]3(C)[C@]2(C(=O)CNC(=O)OCc2ccc(NC(=O)[C@H](CCCNC(N)=O)CC(=O)[C@@H](NC(=O)CCCCCN3C(=O)C=CC3=O)C(C)C)cc2)O1. The number of carbonyl (C=O) groups is 9. The molecule has 0 bridgehead atoms. The minimum Gasteiger partial charge on any atom is -0.445 e. The van der Waals surface area contributed by atoms with Crippen molar-refractivity contribution in [2.45, 2.75) is 155 Å². The number of imide groups is 1. The molecule has 1 aromatic carbocycles. The summed E-state index contributed by atoms with van der Waals surface area (Å²) >= 11 is 0. The second-order valence-corrected chi connectivity index (χ2v) is 21.7. The molecular formula is C55H74N6O13. The number of urea groups is 1. The Balaban J connectivity index is 0.914. The summed E-state index contributed by atoms with van der Waals surface area (Å²) in [6.07, 6.45) is 10.7. The summed E-state index contributed by atoms with van der Waals surface area (Å²) < 4.78 is 18.8. The molecule has 1 unspecified atom stereocenters. The van der Waals surface area contributed by atoms with Gasteiger partial charge in [0, 0.05) is 66.4 Å². The van der Waals surface area contributed by atoms with Gasteiger partial charge in [0.2, 0.25) is 11.8 Å². The summed E-state index contributed by atoms with van der Waals surface area (Å²) in [6.45, 7) is 9.63. The Bertz CT molecular complexity index is 2420. The fraction of sp³-hybridized carbons (Fsp3) is 0.618. The zero-order valence-corrected chi connectivity index (χ0v) is 43.3. The van der Waals surface area contributed by atoms with Gasteiger partial charge in [-0.2, -0.15) is 0 Å². The average molecular weight is 1030 g/mol. The van der Waals surface area contributed by atoms with Crippen LogP contribution in [-0.2, 0) is 54.4 Å². The number of aliphatic hydroxyl groups excluding tert-OH is 1. The van der Waals surface area contributed by atoms with Crippen LogP contribution in [0.25, 0.3) is 0 Å². The van der Waals surface area contributed by atoms with Crippen molar-refractivity contribution in [1.29, 1.82) is 0 Å². The molecule has 0 radical (unpaired) electrons. The van der Waals surface area contributed by atoms with Crippen LogP contribution in [0.1, 0.15) is 124 Å². The number of nitrogens with two attached hydrogens (primary N) is 1. The third-order valence-corrected chi connectivity index (χ3v) is 16.6. The van der Waals surface area contributed by atoms with Gasteiger partial charge in [-0.15, -0.1) is 0 Å². The molecule has 4 aliphatic carbocycles. The lowest BCUT2D eigenvalue weighted by atomic mass is 9.46. The number of allylic oxidation sites excluding steroid dienone is 4. The molecule has 0 spiro atoms. The fourth-order valence-electron chi connectivity index (χ4n) is 12.9. The number of primary amides is 1. The van der Waals surface area contributed by atoms with E-state index in [0.29, 0.717) is 62.6 Å². The second kappa shape index (κ2) is 23.7. The molecule has 3 saturated carbocycles. The van der Waals surface area contributed by atoms with Gasteiger partial charge in [-0.1, -0.05) is 71.2 Å². The quantitative estimate of drug-likeness (QED) is 0.0572. The molecule has 1 saturated heterocycles. The number of aliphatic hydroxyl groups is 1.